The first kappa shape index (κ1) is 18.9. The summed E-state index contributed by atoms with van der Waals surface area (Å²) in [6.45, 7) is 2.99. The van der Waals surface area contributed by atoms with Crippen molar-refractivity contribution in [2.45, 2.75) is 18.4 Å². The molecule has 0 aliphatic carbocycles. The molecule has 10 heteroatoms. The van der Waals surface area contributed by atoms with Gasteiger partial charge in [-0.15, -0.1) is 0 Å². The zero-order valence-electron chi connectivity index (χ0n) is 13.8. The standard InChI is InChI=1S/C15H20N4O5S/c1-11(20)18-6-8-19(9-7-18)15(22)14(21)17-10-12-2-4-13(5-3-12)25(16,23)24/h2-5H,6-10H2,1H3,(H,17,21)(H2,16,23,24). The van der Waals surface area contributed by atoms with Crippen LogP contribution in [0.15, 0.2) is 29.2 Å². The Hall–Kier alpha value is -2.46. The summed E-state index contributed by atoms with van der Waals surface area (Å²) in [5.41, 5.74) is 0.634. The molecule has 1 saturated heterocycles. The van der Waals surface area contributed by atoms with Crippen LogP contribution in [-0.4, -0.2) is 62.1 Å². The van der Waals surface area contributed by atoms with Gasteiger partial charge >= 0.3 is 11.8 Å². The van der Waals surface area contributed by atoms with E-state index in [0.717, 1.165) is 0 Å². The number of rotatable bonds is 3. The molecule has 25 heavy (non-hydrogen) atoms. The van der Waals surface area contributed by atoms with E-state index in [1.165, 1.54) is 36.1 Å². The van der Waals surface area contributed by atoms with Gasteiger partial charge < -0.3 is 15.1 Å². The van der Waals surface area contributed by atoms with Crippen molar-refractivity contribution in [3.05, 3.63) is 29.8 Å². The fourth-order valence-electron chi connectivity index (χ4n) is 2.42. The van der Waals surface area contributed by atoms with Gasteiger partial charge in [-0.25, -0.2) is 13.6 Å². The summed E-state index contributed by atoms with van der Waals surface area (Å²) in [4.78, 5) is 38.3. The predicted octanol–water partition coefficient (Wildman–Crippen LogP) is -1.36. The maximum Gasteiger partial charge on any atom is 0.312 e. The van der Waals surface area contributed by atoms with Crippen LogP contribution in [-0.2, 0) is 31.0 Å². The minimum absolute atomic E-state index is 0.0259. The third-order valence-corrected chi connectivity index (χ3v) is 4.84. The van der Waals surface area contributed by atoms with Crippen molar-refractivity contribution in [2.24, 2.45) is 5.14 Å². The second-order valence-electron chi connectivity index (χ2n) is 5.67. The molecule has 0 bridgehead atoms. The molecule has 0 unspecified atom stereocenters. The van der Waals surface area contributed by atoms with Crippen LogP contribution >= 0.6 is 0 Å². The van der Waals surface area contributed by atoms with Crippen molar-refractivity contribution >= 4 is 27.7 Å². The van der Waals surface area contributed by atoms with Crippen molar-refractivity contribution < 1.29 is 22.8 Å². The van der Waals surface area contributed by atoms with Crippen LogP contribution in [0.4, 0.5) is 0 Å². The van der Waals surface area contributed by atoms with Gasteiger partial charge in [0.1, 0.15) is 0 Å². The highest BCUT2D eigenvalue weighted by Crippen LogP contribution is 2.08. The molecule has 1 aromatic carbocycles. The van der Waals surface area contributed by atoms with E-state index in [1.807, 2.05) is 0 Å². The number of hydrogen-bond acceptors (Lipinski definition) is 5. The monoisotopic (exact) mass is 368 g/mol. The number of nitrogens with two attached hydrogens (primary N) is 1. The second kappa shape index (κ2) is 7.62. The van der Waals surface area contributed by atoms with E-state index in [9.17, 15) is 22.8 Å². The van der Waals surface area contributed by atoms with Crippen molar-refractivity contribution in [3.63, 3.8) is 0 Å². The number of nitrogens with one attached hydrogen (secondary N) is 1. The topological polar surface area (TPSA) is 130 Å². The Morgan fingerprint density at radius 3 is 2.04 bits per heavy atom. The highest BCUT2D eigenvalue weighted by Gasteiger charge is 2.26. The van der Waals surface area contributed by atoms with E-state index < -0.39 is 21.8 Å². The van der Waals surface area contributed by atoms with Gasteiger partial charge in [0.15, 0.2) is 0 Å². The Balaban J connectivity index is 1.86. The highest BCUT2D eigenvalue weighted by atomic mass is 32.2. The van der Waals surface area contributed by atoms with E-state index in [4.69, 9.17) is 5.14 Å². The lowest BCUT2D eigenvalue weighted by molar-refractivity contribution is -0.148. The van der Waals surface area contributed by atoms with Crippen molar-refractivity contribution in [3.8, 4) is 0 Å². The van der Waals surface area contributed by atoms with Crippen LogP contribution in [0, 0.1) is 0 Å². The Morgan fingerprint density at radius 2 is 1.56 bits per heavy atom. The molecule has 1 fully saturated rings. The van der Waals surface area contributed by atoms with E-state index >= 15 is 0 Å². The number of piperazine rings is 1. The molecule has 0 spiro atoms. The van der Waals surface area contributed by atoms with Gasteiger partial charge in [-0.3, -0.25) is 14.4 Å². The van der Waals surface area contributed by atoms with Crippen LogP contribution in [0.2, 0.25) is 0 Å². The predicted molar refractivity (Wildman–Crippen MR) is 88.5 cm³/mol. The van der Waals surface area contributed by atoms with E-state index in [-0.39, 0.29) is 17.3 Å². The van der Waals surface area contributed by atoms with Gasteiger partial charge in [-0.2, -0.15) is 0 Å². The van der Waals surface area contributed by atoms with Crippen LogP contribution < -0.4 is 10.5 Å². The van der Waals surface area contributed by atoms with Crippen molar-refractivity contribution in [2.75, 3.05) is 26.2 Å². The van der Waals surface area contributed by atoms with Gasteiger partial charge in [-0.1, -0.05) is 12.1 Å². The molecule has 136 valence electrons. The molecule has 3 N–H and O–H groups in total. The zero-order valence-corrected chi connectivity index (χ0v) is 14.6. The van der Waals surface area contributed by atoms with Gasteiger partial charge in [-0.05, 0) is 17.7 Å². The van der Waals surface area contributed by atoms with Crippen LogP contribution in [0.1, 0.15) is 12.5 Å². The summed E-state index contributed by atoms with van der Waals surface area (Å²) < 4.78 is 22.3. The molecule has 0 atom stereocenters. The first-order valence-electron chi connectivity index (χ1n) is 7.63. The third kappa shape index (κ3) is 5.00. The zero-order chi connectivity index (χ0) is 18.6. The Labute approximate surface area is 145 Å². The van der Waals surface area contributed by atoms with E-state index in [1.54, 1.807) is 4.90 Å². The largest absolute Gasteiger partial charge is 0.344 e. The molecule has 0 radical (unpaired) electrons. The average molecular weight is 368 g/mol. The molecule has 2 rings (SSSR count). The number of carbonyl (C=O) groups is 3. The normalized spacial score (nSPS) is 15.0. The van der Waals surface area contributed by atoms with Gasteiger partial charge in [0, 0.05) is 39.6 Å². The first-order chi connectivity index (χ1) is 11.7. The number of benzene rings is 1. The quantitative estimate of drug-likeness (QED) is 0.637. The SMILES string of the molecule is CC(=O)N1CCN(C(=O)C(=O)NCc2ccc(S(N)(=O)=O)cc2)CC1. The number of sulfonamides is 1. The third-order valence-electron chi connectivity index (χ3n) is 3.91. The van der Waals surface area contributed by atoms with Crippen LogP contribution in [0.25, 0.3) is 0 Å². The van der Waals surface area contributed by atoms with E-state index in [0.29, 0.717) is 31.7 Å². The van der Waals surface area contributed by atoms with Crippen molar-refractivity contribution in [1.29, 1.82) is 0 Å². The lowest BCUT2D eigenvalue weighted by atomic mass is 10.2. The summed E-state index contributed by atoms with van der Waals surface area (Å²) in [5.74, 6) is -1.45. The maximum absolute atomic E-state index is 12.1. The summed E-state index contributed by atoms with van der Waals surface area (Å²) in [6.07, 6.45) is 0. The Kier molecular flexibility index (Phi) is 5.75. The smallest absolute Gasteiger partial charge is 0.312 e. The minimum Gasteiger partial charge on any atom is -0.344 e. The second-order valence-corrected chi connectivity index (χ2v) is 7.23. The van der Waals surface area contributed by atoms with Gasteiger partial charge in [0.2, 0.25) is 15.9 Å². The summed E-state index contributed by atoms with van der Waals surface area (Å²) in [5, 5.41) is 7.50. The number of amides is 3. The highest BCUT2D eigenvalue weighted by molar-refractivity contribution is 7.89. The fourth-order valence-corrected chi connectivity index (χ4v) is 2.94. The van der Waals surface area contributed by atoms with Gasteiger partial charge in [0.05, 0.1) is 4.90 Å². The summed E-state index contributed by atoms with van der Waals surface area (Å²) >= 11 is 0. The van der Waals surface area contributed by atoms with Crippen LogP contribution in [0.5, 0.6) is 0 Å². The summed E-state index contributed by atoms with van der Waals surface area (Å²) in [6, 6.07) is 5.69. The molecular weight excluding hydrogens is 348 g/mol. The number of primary sulfonamides is 1. The molecule has 1 aliphatic heterocycles. The number of hydrogen-bond donors (Lipinski definition) is 2. The molecule has 3 amide bonds. The average Bonchev–Trinajstić information content (AvgIpc) is 2.58. The Bertz CT molecular complexity index is 768. The van der Waals surface area contributed by atoms with E-state index in [2.05, 4.69) is 5.32 Å². The molecule has 9 nitrogen and oxygen atoms in total. The molecule has 0 aromatic heterocycles. The molecule has 1 aliphatic rings. The molecule has 1 heterocycles. The van der Waals surface area contributed by atoms with Crippen LogP contribution in [0.3, 0.4) is 0 Å². The summed E-state index contributed by atoms with van der Waals surface area (Å²) in [7, 11) is -3.77. The molecule has 0 saturated carbocycles. The minimum atomic E-state index is -3.77. The number of carbonyl (C=O) groups excluding carboxylic acids is 3. The lowest BCUT2D eigenvalue weighted by Gasteiger charge is -2.33. The molecule has 1 aromatic rings. The molecular formula is C15H20N4O5S. The first-order valence-corrected chi connectivity index (χ1v) is 9.17. The lowest BCUT2D eigenvalue weighted by Crippen LogP contribution is -2.53. The fraction of sp³-hybridized carbons (Fsp3) is 0.400. The maximum atomic E-state index is 12.1. The Morgan fingerprint density at radius 1 is 1.04 bits per heavy atom. The number of nitrogens with zero attached hydrogens (tertiary/aromatic N) is 2. The van der Waals surface area contributed by atoms with Crippen molar-refractivity contribution in [1.82, 2.24) is 15.1 Å². The van der Waals surface area contributed by atoms with Gasteiger partial charge in [0.25, 0.3) is 0 Å².